The van der Waals surface area contributed by atoms with Gasteiger partial charge in [-0.25, -0.2) is 4.39 Å². The number of hydrogen-bond donors (Lipinski definition) is 0. The molecule has 1 aliphatic carbocycles. The first kappa shape index (κ1) is 18.9. The topological polar surface area (TPSA) is 0 Å². The fourth-order valence-corrected chi connectivity index (χ4v) is 4.67. The van der Waals surface area contributed by atoms with E-state index in [-0.39, 0.29) is 5.82 Å². The maximum absolute atomic E-state index is 15.2. The molecule has 0 bridgehead atoms. The number of hydrogen-bond acceptors (Lipinski definition) is 0. The van der Waals surface area contributed by atoms with Crippen molar-refractivity contribution in [1.29, 1.82) is 0 Å². The van der Waals surface area contributed by atoms with Crippen LogP contribution in [-0.4, -0.2) is 0 Å². The van der Waals surface area contributed by atoms with Crippen molar-refractivity contribution in [3.05, 3.63) is 77.6 Å². The van der Waals surface area contributed by atoms with E-state index in [0.717, 1.165) is 22.4 Å². The van der Waals surface area contributed by atoms with Crippen LogP contribution in [0.4, 0.5) is 4.39 Å². The standard InChI is InChI=1S/C27H29F/c1-3-5-20-8-16-26-24(18-20)15-17-25(27(26)28)23-13-11-22(12-14-23)21-9-6-19(4-2)7-10-21/h3,5,8,11-19,21H,4,6-7,9-10H2,1-2H3/b5-3+. The van der Waals surface area contributed by atoms with Crippen LogP contribution in [0, 0.1) is 11.7 Å². The van der Waals surface area contributed by atoms with Crippen LogP contribution in [-0.2, 0) is 0 Å². The van der Waals surface area contributed by atoms with Crippen LogP contribution in [0.25, 0.3) is 28.0 Å². The Bertz CT molecular complexity index is 973. The first-order chi connectivity index (χ1) is 13.7. The molecule has 0 amide bonds. The fourth-order valence-electron chi connectivity index (χ4n) is 4.67. The summed E-state index contributed by atoms with van der Waals surface area (Å²) in [7, 11) is 0. The molecule has 0 saturated heterocycles. The van der Waals surface area contributed by atoms with Crippen molar-refractivity contribution in [1.82, 2.24) is 0 Å². The van der Waals surface area contributed by atoms with E-state index in [1.165, 1.54) is 37.7 Å². The quantitative estimate of drug-likeness (QED) is 0.431. The van der Waals surface area contributed by atoms with E-state index >= 15 is 4.39 Å². The number of rotatable bonds is 4. The number of allylic oxidation sites excluding steroid dienone is 1. The molecule has 0 spiro atoms. The molecule has 0 N–H and O–H groups in total. The van der Waals surface area contributed by atoms with E-state index in [1.807, 2.05) is 49.4 Å². The largest absolute Gasteiger partial charge is 0.206 e. The van der Waals surface area contributed by atoms with Crippen LogP contribution >= 0.6 is 0 Å². The maximum Gasteiger partial charge on any atom is 0.138 e. The minimum atomic E-state index is -0.124. The third-order valence-electron chi connectivity index (χ3n) is 6.45. The molecule has 3 aromatic carbocycles. The summed E-state index contributed by atoms with van der Waals surface area (Å²) in [6, 6.07) is 18.5. The maximum atomic E-state index is 15.2. The molecule has 1 aliphatic rings. The highest BCUT2D eigenvalue weighted by Crippen LogP contribution is 2.38. The zero-order valence-electron chi connectivity index (χ0n) is 16.9. The van der Waals surface area contributed by atoms with Gasteiger partial charge in [-0.3, -0.25) is 0 Å². The third-order valence-corrected chi connectivity index (χ3v) is 6.45. The van der Waals surface area contributed by atoms with Crippen LogP contribution in [0.2, 0.25) is 0 Å². The van der Waals surface area contributed by atoms with E-state index in [4.69, 9.17) is 0 Å². The predicted molar refractivity (Wildman–Crippen MR) is 119 cm³/mol. The molecule has 1 saturated carbocycles. The van der Waals surface area contributed by atoms with Crippen LogP contribution in [0.5, 0.6) is 0 Å². The lowest BCUT2D eigenvalue weighted by Gasteiger charge is -2.28. The summed E-state index contributed by atoms with van der Waals surface area (Å²) in [6.45, 7) is 4.30. The minimum absolute atomic E-state index is 0.124. The molecular weight excluding hydrogens is 343 g/mol. The molecule has 0 heterocycles. The molecule has 0 radical (unpaired) electrons. The van der Waals surface area contributed by atoms with Gasteiger partial charge in [0.1, 0.15) is 5.82 Å². The van der Waals surface area contributed by atoms with Crippen LogP contribution in [0.1, 0.15) is 63.0 Å². The predicted octanol–water partition coefficient (Wildman–Crippen LogP) is 8.36. The van der Waals surface area contributed by atoms with Crippen molar-refractivity contribution >= 4 is 16.8 Å². The molecule has 0 nitrogen and oxygen atoms in total. The second kappa shape index (κ2) is 8.31. The number of fused-ring (bicyclic) bond motifs is 1. The van der Waals surface area contributed by atoms with Crippen molar-refractivity contribution in [2.24, 2.45) is 5.92 Å². The molecule has 0 unspecified atom stereocenters. The normalized spacial score (nSPS) is 20.1. The fraction of sp³-hybridized carbons (Fsp3) is 0.333. The summed E-state index contributed by atoms with van der Waals surface area (Å²) in [6.07, 6.45) is 10.6. The highest BCUT2D eigenvalue weighted by atomic mass is 19.1. The van der Waals surface area contributed by atoms with Gasteiger partial charge in [-0.2, -0.15) is 0 Å². The zero-order chi connectivity index (χ0) is 19.5. The molecule has 0 atom stereocenters. The highest BCUT2D eigenvalue weighted by Gasteiger charge is 2.21. The van der Waals surface area contributed by atoms with E-state index < -0.39 is 0 Å². The average molecular weight is 373 g/mol. The Kier molecular flexibility index (Phi) is 5.62. The van der Waals surface area contributed by atoms with E-state index in [1.54, 1.807) is 0 Å². The Balaban J connectivity index is 1.59. The summed E-state index contributed by atoms with van der Waals surface area (Å²) >= 11 is 0. The van der Waals surface area contributed by atoms with Crippen molar-refractivity contribution in [2.45, 2.75) is 51.9 Å². The first-order valence-electron chi connectivity index (χ1n) is 10.6. The summed E-state index contributed by atoms with van der Waals surface area (Å²) in [5.41, 5.74) is 4.16. The second-order valence-corrected chi connectivity index (χ2v) is 8.16. The Morgan fingerprint density at radius 3 is 2.36 bits per heavy atom. The SMILES string of the molecule is C/C=C/c1ccc2c(F)c(-c3ccc(C4CCC(CC)CC4)cc3)ccc2c1. The van der Waals surface area contributed by atoms with E-state index in [0.29, 0.717) is 16.9 Å². The molecule has 1 heteroatoms. The van der Waals surface area contributed by atoms with Crippen molar-refractivity contribution in [2.75, 3.05) is 0 Å². The second-order valence-electron chi connectivity index (χ2n) is 8.16. The van der Waals surface area contributed by atoms with Crippen molar-refractivity contribution in [3.63, 3.8) is 0 Å². The Hall–Kier alpha value is -2.41. The van der Waals surface area contributed by atoms with Crippen LogP contribution in [0.15, 0.2) is 60.7 Å². The first-order valence-corrected chi connectivity index (χ1v) is 10.6. The Labute approximate surface area is 168 Å². The zero-order valence-corrected chi connectivity index (χ0v) is 16.9. The number of benzene rings is 3. The van der Waals surface area contributed by atoms with Gasteiger partial charge >= 0.3 is 0 Å². The molecule has 4 rings (SSSR count). The Morgan fingerprint density at radius 2 is 1.68 bits per heavy atom. The lowest BCUT2D eigenvalue weighted by molar-refractivity contribution is 0.319. The molecule has 0 aromatic heterocycles. The van der Waals surface area contributed by atoms with Gasteiger partial charge in [0.15, 0.2) is 0 Å². The Morgan fingerprint density at radius 1 is 0.929 bits per heavy atom. The van der Waals surface area contributed by atoms with Crippen molar-refractivity contribution in [3.8, 4) is 11.1 Å². The molecule has 144 valence electrons. The van der Waals surface area contributed by atoms with Gasteiger partial charge in [-0.05, 0) is 72.6 Å². The molecular formula is C27H29F. The minimum Gasteiger partial charge on any atom is -0.206 e. The van der Waals surface area contributed by atoms with Gasteiger partial charge in [-0.15, -0.1) is 0 Å². The summed E-state index contributed by atoms with van der Waals surface area (Å²) < 4.78 is 15.2. The van der Waals surface area contributed by atoms with Crippen LogP contribution < -0.4 is 0 Å². The molecule has 28 heavy (non-hydrogen) atoms. The third kappa shape index (κ3) is 3.76. The van der Waals surface area contributed by atoms with Gasteiger partial charge in [0, 0.05) is 10.9 Å². The molecule has 3 aromatic rings. The average Bonchev–Trinajstić information content (AvgIpc) is 2.74. The molecule has 0 aliphatic heterocycles. The van der Waals surface area contributed by atoms with Gasteiger partial charge in [0.05, 0.1) is 0 Å². The molecule has 1 fully saturated rings. The van der Waals surface area contributed by atoms with Crippen molar-refractivity contribution < 1.29 is 4.39 Å². The van der Waals surface area contributed by atoms with Gasteiger partial charge in [0.25, 0.3) is 0 Å². The van der Waals surface area contributed by atoms with E-state index in [9.17, 15) is 0 Å². The van der Waals surface area contributed by atoms with Crippen LogP contribution in [0.3, 0.4) is 0 Å². The lowest BCUT2D eigenvalue weighted by atomic mass is 9.77. The van der Waals surface area contributed by atoms with Gasteiger partial charge in [-0.1, -0.05) is 74.0 Å². The van der Waals surface area contributed by atoms with Gasteiger partial charge in [0.2, 0.25) is 0 Å². The summed E-state index contributed by atoms with van der Waals surface area (Å²) in [4.78, 5) is 0. The monoisotopic (exact) mass is 372 g/mol. The number of halogens is 1. The highest BCUT2D eigenvalue weighted by molar-refractivity contribution is 5.89. The lowest BCUT2D eigenvalue weighted by Crippen LogP contribution is -2.12. The van der Waals surface area contributed by atoms with E-state index in [2.05, 4.69) is 31.2 Å². The smallest absolute Gasteiger partial charge is 0.138 e. The summed E-state index contributed by atoms with van der Waals surface area (Å²) in [5.74, 6) is 1.46. The summed E-state index contributed by atoms with van der Waals surface area (Å²) in [5, 5.41) is 1.63. The van der Waals surface area contributed by atoms with Gasteiger partial charge < -0.3 is 0 Å².